The molecule has 0 radical (unpaired) electrons. The van der Waals surface area contributed by atoms with E-state index in [0.717, 1.165) is 11.0 Å². The van der Waals surface area contributed by atoms with Crippen LogP contribution < -0.4 is 5.73 Å². The van der Waals surface area contributed by atoms with Crippen molar-refractivity contribution in [2.45, 2.75) is 0 Å². The summed E-state index contributed by atoms with van der Waals surface area (Å²) in [7, 11) is 0. The Morgan fingerprint density at radius 3 is 2.89 bits per heavy atom. The zero-order valence-electron chi connectivity index (χ0n) is 9.41. The van der Waals surface area contributed by atoms with Crippen LogP contribution in [0.2, 0.25) is 0 Å². The quantitative estimate of drug-likeness (QED) is 0.521. The minimum Gasteiger partial charge on any atom is -0.382 e. The lowest BCUT2D eigenvalue weighted by Gasteiger charge is -1.96. The highest BCUT2D eigenvalue weighted by atomic mass is 15.1. The molecule has 0 bridgehead atoms. The third kappa shape index (κ3) is 1.91. The van der Waals surface area contributed by atoms with E-state index < -0.39 is 0 Å². The summed E-state index contributed by atoms with van der Waals surface area (Å²) in [5.41, 5.74) is 8.13. The first-order valence-electron chi connectivity index (χ1n) is 5.38. The summed E-state index contributed by atoms with van der Waals surface area (Å²) in [6, 6.07) is 7.69. The van der Waals surface area contributed by atoms with Gasteiger partial charge in [0.15, 0.2) is 5.84 Å². The zero-order valence-corrected chi connectivity index (χ0v) is 9.41. The first-order chi connectivity index (χ1) is 8.83. The van der Waals surface area contributed by atoms with Gasteiger partial charge in [-0.1, -0.05) is 12.1 Å². The topological polar surface area (TPSA) is 92.8 Å². The molecule has 2 aromatic heterocycles. The summed E-state index contributed by atoms with van der Waals surface area (Å²) >= 11 is 0. The highest BCUT2D eigenvalue weighted by Crippen LogP contribution is 2.15. The summed E-state index contributed by atoms with van der Waals surface area (Å²) in [5, 5.41) is 0. The van der Waals surface area contributed by atoms with Gasteiger partial charge >= 0.3 is 0 Å². The van der Waals surface area contributed by atoms with E-state index in [1.165, 1.54) is 0 Å². The van der Waals surface area contributed by atoms with Gasteiger partial charge in [-0.25, -0.2) is 9.97 Å². The SMILES string of the molecule is N/C(=N\c1nc2ccccc2[nH]1)c1cnccn1. The van der Waals surface area contributed by atoms with Gasteiger partial charge in [0.1, 0.15) is 5.69 Å². The fraction of sp³-hybridized carbons (Fsp3) is 0. The molecule has 6 heteroatoms. The second-order valence-corrected chi connectivity index (χ2v) is 3.67. The normalized spacial score (nSPS) is 11.9. The Kier molecular flexibility index (Phi) is 2.45. The minimum absolute atomic E-state index is 0.280. The maximum atomic E-state index is 5.84. The van der Waals surface area contributed by atoms with E-state index in [4.69, 9.17) is 5.73 Å². The summed E-state index contributed by atoms with van der Waals surface area (Å²) in [6.45, 7) is 0. The molecule has 0 aliphatic rings. The first-order valence-corrected chi connectivity index (χ1v) is 5.38. The number of rotatable bonds is 2. The van der Waals surface area contributed by atoms with Crippen LogP contribution in [0.4, 0.5) is 5.95 Å². The number of hydrogen-bond acceptors (Lipinski definition) is 4. The summed E-state index contributed by atoms with van der Waals surface area (Å²) in [5.74, 6) is 0.738. The number of fused-ring (bicyclic) bond motifs is 1. The number of amidine groups is 1. The van der Waals surface area contributed by atoms with Gasteiger partial charge in [0.05, 0.1) is 17.2 Å². The molecule has 0 spiro atoms. The number of imidazole rings is 1. The molecule has 6 nitrogen and oxygen atoms in total. The lowest BCUT2D eigenvalue weighted by atomic mass is 10.3. The Balaban J connectivity index is 2.00. The number of nitrogens with zero attached hydrogens (tertiary/aromatic N) is 4. The van der Waals surface area contributed by atoms with Crippen molar-refractivity contribution in [3.05, 3.63) is 48.5 Å². The molecule has 0 saturated heterocycles. The van der Waals surface area contributed by atoms with E-state index in [-0.39, 0.29) is 5.84 Å². The summed E-state index contributed by atoms with van der Waals surface area (Å²) in [6.07, 6.45) is 4.70. The highest BCUT2D eigenvalue weighted by molar-refractivity contribution is 5.96. The monoisotopic (exact) mass is 238 g/mol. The van der Waals surface area contributed by atoms with E-state index in [0.29, 0.717) is 11.6 Å². The molecule has 3 aromatic rings. The maximum Gasteiger partial charge on any atom is 0.229 e. The molecule has 3 rings (SSSR count). The van der Waals surface area contributed by atoms with E-state index in [1.54, 1.807) is 18.6 Å². The van der Waals surface area contributed by atoms with Crippen LogP contribution in [0.5, 0.6) is 0 Å². The molecular weight excluding hydrogens is 228 g/mol. The molecule has 2 heterocycles. The Bertz CT molecular complexity index is 668. The third-order valence-corrected chi connectivity index (χ3v) is 2.43. The molecule has 18 heavy (non-hydrogen) atoms. The average Bonchev–Trinajstić information content (AvgIpc) is 2.82. The van der Waals surface area contributed by atoms with E-state index in [9.17, 15) is 0 Å². The number of nitrogens with two attached hydrogens (primary N) is 1. The number of benzene rings is 1. The van der Waals surface area contributed by atoms with Crippen LogP contribution in [0.25, 0.3) is 11.0 Å². The van der Waals surface area contributed by atoms with Crippen LogP contribution in [0.15, 0.2) is 47.8 Å². The van der Waals surface area contributed by atoms with Crippen LogP contribution in [-0.4, -0.2) is 25.8 Å². The van der Waals surface area contributed by atoms with Crippen molar-refractivity contribution in [1.29, 1.82) is 0 Å². The van der Waals surface area contributed by atoms with Gasteiger partial charge in [0.2, 0.25) is 5.95 Å². The van der Waals surface area contributed by atoms with Gasteiger partial charge in [-0.05, 0) is 12.1 Å². The van der Waals surface area contributed by atoms with Gasteiger partial charge in [-0.2, -0.15) is 4.99 Å². The van der Waals surface area contributed by atoms with Crippen LogP contribution >= 0.6 is 0 Å². The molecule has 0 atom stereocenters. The second-order valence-electron chi connectivity index (χ2n) is 3.67. The van der Waals surface area contributed by atoms with Crippen molar-refractivity contribution >= 4 is 22.8 Å². The Morgan fingerprint density at radius 1 is 1.22 bits per heavy atom. The molecule has 0 saturated carbocycles. The molecule has 0 unspecified atom stereocenters. The molecule has 0 amide bonds. The smallest absolute Gasteiger partial charge is 0.229 e. The minimum atomic E-state index is 0.280. The zero-order chi connectivity index (χ0) is 12.4. The Hall–Kier alpha value is -2.76. The number of nitrogens with one attached hydrogen (secondary N) is 1. The Labute approximate surface area is 103 Å². The van der Waals surface area contributed by atoms with Crippen LogP contribution in [0.1, 0.15) is 5.69 Å². The molecule has 0 fully saturated rings. The summed E-state index contributed by atoms with van der Waals surface area (Å²) in [4.78, 5) is 19.6. The van der Waals surface area contributed by atoms with Crippen LogP contribution in [0.3, 0.4) is 0 Å². The van der Waals surface area contributed by atoms with E-state index in [1.807, 2.05) is 24.3 Å². The van der Waals surface area contributed by atoms with Crippen molar-refractivity contribution in [2.75, 3.05) is 0 Å². The average molecular weight is 238 g/mol. The lowest BCUT2D eigenvalue weighted by molar-refractivity contribution is 1.16. The predicted octanol–water partition coefficient (Wildman–Crippen LogP) is 1.39. The van der Waals surface area contributed by atoms with Crippen molar-refractivity contribution < 1.29 is 0 Å². The van der Waals surface area contributed by atoms with Crippen molar-refractivity contribution in [3.63, 3.8) is 0 Å². The van der Waals surface area contributed by atoms with Gasteiger partial charge in [-0.3, -0.25) is 4.98 Å². The number of para-hydroxylation sites is 2. The number of H-pyrrole nitrogens is 1. The van der Waals surface area contributed by atoms with Crippen molar-refractivity contribution in [1.82, 2.24) is 19.9 Å². The van der Waals surface area contributed by atoms with Crippen molar-refractivity contribution in [3.8, 4) is 0 Å². The fourth-order valence-corrected chi connectivity index (χ4v) is 1.60. The van der Waals surface area contributed by atoms with Gasteiger partial charge < -0.3 is 10.7 Å². The van der Waals surface area contributed by atoms with Crippen LogP contribution in [0, 0.1) is 0 Å². The molecule has 88 valence electrons. The highest BCUT2D eigenvalue weighted by Gasteiger charge is 2.03. The first kappa shape index (κ1) is 10.4. The predicted molar refractivity (Wildman–Crippen MR) is 68.5 cm³/mol. The van der Waals surface area contributed by atoms with E-state index >= 15 is 0 Å². The van der Waals surface area contributed by atoms with E-state index in [2.05, 4.69) is 24.9 Å². The van der Waals surface area contributed by atoms with Gasteiger partial charge in [-0.15, -0.1) is 0 Å². The number of aromatic nitrogens is 4. The lowest BCUT2D eigenvalue weighted by Crippen LogP contribution is -2.14. The van der Waals surface area contributed by atoms with Gasteiger partial charge in [0.25, 0.3) is 0 Å². The fourth-order valence-electron chi connectivity index (χ4n) is 1.60. The van der Waals surface area contributed by atoms with Gasteiger partial charge in [0, 0.05) is 12.4 Å². The molecule has 0 aliphatic heterocycles. The van der Waals surface area contributed by atoms with Crippen LogP contribution in [-0.2, 0) is 0 Å². The van der Waals surface area contributed by atoms with Crippen molar-refractivity contribution in [2.24, 2.45) is 10.7 Å². The number of aromatic amines is 1. The number of hydrogen-bond donors (Lipinski definition) is 2. The molecule has 3 N–H and O–H groups in total. The number of aliphatic imine (C=N–C) groups is 1. The second kappa shape index (κ2) is 4.25. The molecule has 0 aliphatic carbocycles. The Morgan fingerprint density at radius 2 is 2.11 bits per heavy atom. The summed E-state index contributed by atoms with van der Waals surface area (Å²) < 4.78 is 0. The standard InChI is InChI=1S/C12H10N6/c13-11(10-7-14-5-6-15-10)18-12-16-8-3-1-2-4-9(8)17-12/h1-7H,(H3,13,16,17,18). The largest absolute Gasteiger partial charge is 0.382 e. The molecular formula is C12H10N6. The third-order valence-electron chi connectivity index (χ3n) is 2.43. The maximum absolute atomic E-state index is 5.84. The molecule has 1 aromatic carbocycles.